The van der Waals surface area contributed by atoms with Gasteiger partial charge in [0.2, 0.25) is 0 Å². The van der Waals surface area contributed by atoms with E-state index in [4.69, 9.17) is 0 Å². The smallest absolute Gasteiger partial charge is 0.147 e. The quantitative estimate of drug-likeness (QED) is 0.831. The number of rotatable bonds is 2. The fourth-order valence-corrected chi connectivity index (χ4v) is 2.72. The summed E-state index contributed by atoms with van der Waals surface area (Å²) in [5.74, 6) is 1.37. The molecule has 0 bridgehead atoms. The number of pyridine rings is 1. The summed E-state index contributed by atoms with van der Waals surface area (Å²) in [5.41, 5.74) is 0. The molecule has 0 radical (unpaired) electrons. The molecule has 1 aliphatic rings. The van der Waals surface area contributed by atoms with Crippen LogP contribution in [0.25, 0.3) is 0 Å². The average molecular weight is 352 g/mol. The summed E-state index contributed by atoms with van der Waals surface area (Å²) in [5, 5.41) is 0. The molecule has 0 unspecified atom stereocenters. The second-order valence-corrected chi connectivity index (χ2v) is 5.83. The Bertz CT molecular complexity index is 604. The molecule has 1 atom stereocenters. The first-order chi connectivity index (χ1) is 10.1. The lowest BCUT2D eigenvalue weighted by Gasteiger charge is -2.40. The highest BCUT2D eigenvalue weighted by Gasteiger charge is 2.25. The first-order valence-electron chi connectivity index (χ1n) is 6.74. The fourth-order valence-electron chi connectivity index (χ4n) is 2.51. The van der Waals surface area contributed by atoms with Crippen LogP contribution >= 0.6 is 15.9 Å². The van der Waals surface area contributed by atoms with Crippen LogP contribution < -0.4 is 9.80 Å². The molecule has 21 heavy (non-hydrogen) atoms. The van der Waals surface area contributed by atoms with E-state index in [0.717, 1.165) is 35.9 Å². The van der Waals surface area contributed by atoms with Crippen molar-refractivity contribution in [2.24, 2.45) is 0 Å². The third kappa shape index (κ3) is 3.12. The summed E-state index contributed by atoms with van der Waals surface area (Å²) in [6.07, 6.45) is 4.73. The Morgan fingerprint density at radius 3 is 2.52 bits per heavy atom. The lowest BCUT2D eigenvalue weighted by atomic mass is 10.2. The van der Waals surface area contributed by atoms with Gasteiger partial charge in [0.25, 0.3) is 0 Å². The number of halogens is 2. The van der Waals surface area contributed by atoms with Crippen LogP contribution in [0.2, 0.25) is 0 Å². The molecule has 1 fully saturated rings. The van der Waals surface area contributed by atoms with E-state index >= 15 is 0 Å². The van der Waals surface area contributed by atoms with Crippen LogP contribution in [-0.4, -0.2) is 40.6 Å². The molecule has 0 N–H and O–H groups in total. The molecule has 3 heterocycles. The van der Waals surface area contributed by atoms with Crippen molar-refractivity contribution >= 4 is 27.6 Å². The monoisotopic (exact) mass is 351 g/mol. The Morgan fingerprint density at radius 2 is 1.90 bits per heavy atom. The second kappa shape index (κ2) is 5.93. The van der Waals surface area contributed by atoms with Crippen molar-refractivity contribution in [3.63, 3.8) is 0 Å². The summed E-state index contributed by atoms with van der Waals surface area (Å²) >= 11 is 3.29. The molecule has 2 aromatic heterocycles. The van der Waals surface area contributed by atoms with Gasteiger partial charge in [-0.05, 0) is 35.0 Å². The van der Waals surface area contributed by atoms with Gasteiger partial charge in [-0.25, -0.2) is 19.3 Å². The van der Waals surface area contributed by atoms with E-state index in [1.54, 1.807) is 18.5 Å². The minimum absolute atomic E-state index is 0.279. The predicted octanol–water partition coefficient (Wildman–Crippen LogP) is 2.49. The van der Waals surface area contributed by atoms with E-state index in [1.165, 1.54) is 12.3 Å². The molecule has 1 aliphatic heterocycles. The van der Waals surface area contributed by atoms with Gasteiger partial charge in [-0.3, -0.25) is 0 Å². The zero-order chi connectivity index (χ0) is 14.8. The van der Waals surface area contributed by atoms with Crippen molar-refractivity contribution in [3.8, 4) is 0 Å². The van der Waals surface area contributed by atoms with Gasteiger partial charge in [-0.2, -0.15) is 0 Å². The van der Waals surface area contributed by atoms with Crippen molar-refractivity contribution in [1.29, 1.82) is 0 Å². The van der Waals surface area contributed by atoms with Gasteiger partial charge in [0.05, 0.1) is 18.6 Å². The topological polar surface area (TPSA) is 45.2 Å². The normalized spacial score (nSPS) is 18.9. The summed E-state index contributed by atoms with van der Waals surface area (Å²) in [4.78, 5) is 17.1. The summed E-state index contributed by atoms with van der Waals surface area (Å²) in [6.45, 7) is 4.60. The standard InChI is InChI=1S/C14H15BrFN5/c1-10-9-20(13-3-2-11(16)6-18-13)4-5-21(10)14-8-17-12(15)7-19-14/h2-3,6-8,10H,4-5,9H2,1H3/t10-/m0/s1. The predicted molar refractivity (Wildman–Crippen MR) is 82.9 cm³/mol. The lowest BCUT2D eigenvalue weighted by molar-refractivity contribution is 0.540. The highest BCUT2D eigenvalue weighted by Crippen LogP contribution is 2.21. The molecule has 0 saturated carbocycles. The van der Waals surface area contributed by atoms with Gasteiger partial charge >= 0.3 is 0 Å². The summed E-state index contributed by atoms with van der Waals surface area (Å²) in [7, 11) is 0. The van der Waals surface area contributed by atoms with Gasteiger partial charge in [-0.1, -0.05) is 0 Å². The molecule has 0 aliphatic carbocycles. The van der Waals surface area contributed by atoms with Crippen LogP contribution in [-0.2, 0) is 0 Å². The summed E-state index contributed by atoms with van der Waals surface area (Å²) < 4.78 is 13.7. The number of nitrogens with zero attached hydrogens (tertiary/aromatic N) is 5. The first-order valence-corrected chi connectivity index (χ1v) is 7.53. The Morgan fingerprint density at radius 1 is 1.10 bits per heavy atom. The molecule has 0 aromatic carbocycles. The van der Waals surface area contributed by atoms with Crippen LogP contribution in [0.1, 0.15) is 6.92 Å². The maximum atomic E-state index is 12.9. The van der Waals surface area contributed by atoms with E-state index in [-0.39, 0.29) is 11.9 Å². The van der Waals surface area contributed by atoms with Crippen LogP contribution in [0.5, 0.6) is 0 Å². The van der Waals surface area contributed by atoms with Gasteiger partial charge in [0, 0.05) is 25.7 Å². The maximum Gasteiger partial charge on any atom is 0.147 e. The van der Waals surface area contributed by atoms with E-state index in [0.29, 0.717) is 0 Å². The zero-order valence-corrected chi connectivity index (χ0v) is 13.2. The third-order valence-corrected chi connectivity index (χ3v) is 3.97. The van der Waals surface area contributed by atoms with Gasteiger partial charge in [0.15, 0.2) is 0 Å². The van der Waals surface area contributed by atoms with E-state index in [9.17, 15) is 4.39 Å². The molecule has 3 rings (SSSR count). The Labute approximate surface area is 131 Å². The van der Waals surface area contributed by atoms with E-state index in [1.807, 2.05) is 0 Å². The van der Waals surface area contributed by atoms with Crippen LogP contribution in [0, 0.1) is 5.82 Å². The van der Waals surface area contributed by atoms with Gasteiger partial charge in [-0.15, -0.1) is 0 Å². The Kier molecular flexibility index (Phi) is 4.01. The molecule has 5 nitrogen and oxygen atoms in total. The largest absolute Gasteiger partial charge is 0.353 e. The van der Waals surface area contributed by atoms with Crippen LogP contribution in [0.3, 0.4) is 0 Å². The third-order valence-electron chi connectivity index (χ3n) is 3.56. The average Bonchev–Trinajstić information content (AvgIpc) is 2.49. The Balaban J connectivity index is 1.72. The lowest BCUT2D eigenvalue weighted by Crippen LogP contribution is -2.52. The van der Waals surface area contributed by atoms with E-state index < -0.39 is 0 Å². The van der Waals surface area contributed by atoms with Crippen molar-refractivity contribution in [1.82, 2.24) is 15.0 Å². The van der Waals surface area contributed by atoms with Crippen molar-refractivity contribution in [2.75, 3.05) is 29.4 Å². The number of hydrogen-bond acceptors (Lipinski definition) is 5. The molecule has 7 heteroatoms. The molecule has 2 aromatic rings. The molecular weight excluding hydrogens is 337 g/mol. The molecule has 1 saturated heterocycles. The van der Waals surface area contributed by atoms with Crippen LogP contribution in [0.15, 0.2) is 35.3 Å². The number of anilines is 2. The zero-order valence-electron chi connectivity index (χ0n) is 11.6. The van der Waals surface area contributed by atoms with Crippen molar-refractivity contribution in [3.05, 3.63) is 41.1 Å². The van der Waals surface area contributed by atoms with Gasteiger partial charge in [0.1, 0.15) is 22.1 Å². The van der Waals surface area contributed by atoms with Gasteiger partial charge < -0.3 is 9.80 Å². The highest BCUT2D eigenvalue weighted by atomic mass is 79.9. The maximum absolute atomic E-state index is 12.9. The molecule has 110 valence electrons. The molecule has 0 spiro atoms. The van der Waals surface area contributed by atoms with Crippen molar-refractivity contribution < 1.29 is 4.39 Å². The van der Waals surface area contributed by atoms with Crippen LogP contribution in [0.4, 0.5) is 16.0 Å². The fraction of sp³-hybridized carbons (Fsp3) is 0.357. The number of hydrogen-bond donors (Lipinski definition) is 0. The second-order valence-electron chi connectivity index (χ2n) is 5.02. The number of piperazine rings is 1. The van der Waals surface area contributed by atoms with E-state index in [2.05, 4.69) is 47.6 Å². The summed E-state index contributed by atoms with van der Waals surface area (Å²) in [6, 6.07) is 3.44. The molecule has 0 amide bonds. The highest BCUT2D eigenvalue weighted by molar-refractivity contribution is 9.10. The number of aromatic nitrogens is 3. The first kappa shape index (κ1) is 14.2. The molecular formula is C14H15BrFN5. The minimum atomic E-state index is -0.310. The van der Waals surface area contributed by atoms with Crippen molar-refractivity contribution in [2.45, 2.75) is 13.0 Å². The Hall–Kier alpha value is -1.76. The SMILES string of the molecule is C[C@H]1CN(c2ccc(F)cn2)CCN1c1cnc(Br)cn1. The minimum Gasteiger partial charge on any atom is -0.353 e.